The minimum atomic E-state index is 0.0611. The molecule has 0 aliphatic carbocycles. The summed E-state index contributed by atoms with van der Waals surface area (Å²) in [5.74, 6) is 0.0611. The molecule has 0 spiro atoms. The summed E-state index contributed by atoms with van der Waals surface area (Å²) in [4.78, 5) is 12.8. The Morgan fingerprint density at radius 1 is 1.55 bits per heavy atom. The zero-order valence-corrected chi connectivity index (χ0v) is 9.68. The summed E-state index contributed by atoms with van der Waals surface area (Å²) in [6.45, 7) is 3.73. The third-order valence-corrected chi connectivity index (χ3v) is 2.25. The van der Waals surface area contributed by atoms with E-state index in [9.17, 15) is 4.79 Å². The SMILES string of the molecule is C=C(CCC[AsH2])C(=O)N(C)C. The summed E-state index contributed by atoms with van der Waals surface area (Å²) in [6.07, 6.45) is 1.92. The van der Waals surface area contributed by atoms with Gasteiger partial charge in [-0.2, -0.15) is 0 Å². The molecule has 0 radical (unpaired) electrons. The second-order valence-corrected chi connectivity index (χ2v) is 3.91. The number of carbonyl (C=O) groups excluding carboxylic acids is 1. The van der Waals surface area contributed by atoms with Crippen molar-refractivity contribution in [3.63, 3.8) is 0 Å². The van der Waals surface area contributed by atoms with E-state index in [2.05, 4.69) is 6.58 Å². The van der Waals surface area contributed by atoms with Crippen LogP contribution in [0.25, 0.3) is 0 Å². The minimum absolute atomic E-state index is 0.0611. The van der Waals surface area contributed by atoms with Crippen LogP contribution in [-0.2, 0) is 4.79 Å². The standard InChI is InChI=1S/C8H16AsNO/c1-7(5-4-6-9)8(11)10(2)3/h1,4-6,9H2,2-3H3. The molecule has 0 heterocycles. The molecule has 0 fully saturated rings. The molecule has 0 aromatic rings. The van der Waals surface area contributed by atoms with E-state index in [0.717, 1.165) is 18.4 Å². The van der Waals surface area contributed by atoms with Gasteiger partial charge in [0, 0.05) is 0 Å². The summed E-state index contributed by atoms with van der Waals surface area (Å²) in [6, 6.07) is 0. The molecule has 0 aromatic carbocycles. The van der Waals surface area contributed by atoms with Crippen molar-refractivity contribution in [1.82, 2.24) is 4.90 Å². The molecule has 1 atom stereocenters. The molecule has 0 aliphatic rings. The van der Waals surface area contributed by atoms with Crippen molar-refractivity contribution in [2.45, 2.75) is 18.1 Å². The second-order valence-electron chi connectivity index (χ2n) is 2.70. The van der Waals surface area contributed by atoms with Crippen molar-refractivity contribution in [3.8, 4) is 0 Å². The Hall–Kier alpha value is -0.232. The Labute approximate surface area is 77.1 Å². The molecule has 0 bridgehead atoms. The van der Waals surface area contributed by atoms with Crippen LogP contribution in [0, 0.1) is 0 Å². The first kappa shape index (κ1) is 10.8. The molecule has 0 N–H and O–H groups in total. The maximum atomic E-state index is 11.2. The fourth-order valence-electron chi connectivity index (χ4n) is 0.739. The molecule has 0 aliphatic heterocycles. The molecule has 0 rings (SSSR count). The predicted molar refractivity (Wildman–Crippen MR) is 50.4 cm³/mol. The van der Waals surface area contributed by atoms with Crippen LogP contribution in [0.3, 0.4) is 0 Å². The number of rotatable bonds is 4. The van der Waals surface area contributed by atoms with E-state index in [0.29, 0.717) is 0 Å². The van der Waals surface area contributed by atoms with Crippen LogP contribution in [0.5, 0.6) is 0 Å². The van der Waals surface area contributed by atoms with Gasteiger partial charge in [0.05, 0.1) is 0 Å². The molecule has 0 saturated heterocycles. The van der Waals surface area contributed by atoms with E-state index >= 15 is 0 Å². The van der Waals surface area contributed by atoms with Gasteiger partial charge in [-0.1, -0.05) is 0 Å². The van der Waals surface area contributed by atoms with Crippen LogP contribution < -0.4 is 0 Å². The first-order valence-corrected chi connectivity index (χ1v) is 5.40. The van der Waals surface area contributed by atoms with Crippen LogP contribution in [0.2, 0.25) is 5.21 Å². The maximum absolute atomic E-state index is 11.2. The molecule has 2 nitrogen and oxygen atoms in total. The number of carbonyl (C=O) groups is 1. The first-order chi connectivity index (χ1) is 5.09. The average molecular weight is 217 g/mol. The number of amides is 1. The summed E-state index contributed by atoms with van der Waals surface area (Å²) in [5, 5.41) is 1.17. The molecule has 11 heavy (non-hydrogen) atoms. The number of likely N-dealkylation sites (N-methyl/N-ethyl adjacent to an activating group) is 1. The zero-order chi connectivity index (χ0) is 8.85. The fraction of sp³-hybridized carbons (Fsp3) is 0.625. The Balaban J connectivity index is 3.75. The van der Waals surface area contributed by atoms with Gasteiger partial charge in [-0.15, -0.1) is 0 Å². The van der Waals surface area contributed by atoms with Crippen molar-refractivity contribution in [1.29, 1.82) is 0 Å². The van der Waals surface area contributed by atoms with Crippen molar-refractivity contribution in [3.05, 3.63) is 12.2 Å². The normalized spacial score (nSPS) is 9.36. The summed E-state index contributed by atoms with van der Waals surface area (Å²) < 4.78 is 0. The third-order valence-electron chi connectivity index (χ3n) is 1.39. The predicted octanol–water partition coefficient (Wildman–Crippen LogP) is 0.462. The molecule has 3 heteroatoms. The van der Waals surface area contributed by atoms with Gasteiger partial charge in [-0.25, -0.2) is 0 Å². The van der Waals surface area contributed by atoms with E-state index in [1.54, 1.807) is 35.8 Å². The molecule has 1 amide bonds. The Bertz CT molecular complexity index is 154. The average Bonchev–Trinajstić information content (AvgIpc) is 1.98. The fourth-order valence-corrected chi connectivity index (χ4v) is 1.17. The Kier molecular flexibility index (Phi) is 5.31. The van der Waals surface area contributed by atoms with Gasteiger partial charge < -0.3 is 0 Å². The molecule has 0 saturated carbocycles. The van der Waals surface area contributed by atoms with E-state index in [1.807, 2.05) is 0 Å². The van der Waals surface area contributed by atoms with Gasteiger partial charge >= 0.3 is 76.8 Å². The third kappa shape index (κ3) is 4.26. The van der Waals surface area contributed by atoms with E-state index < -0.39 is 0 Å². The Morgan fingerprint density at radius 2 is 2.09 bits per heavy atom. The van der Waals surface area contributed by atoms with Gasteiger partial charge in [-0.3, -0.25) is 0 Å². The molecule has 64 valence electrons. The second kappa shape index (κ2) is 5.42. The molecule has 0 aromatic heterocycles. The number of hydrogen-bond donors (Lipinski definition) is 0. The summed E-state index contributed by atoms with van der Waals surface area (Å²) >= 11 is 1.71. The van der Waals surface area contributed by atoms with Crippen molar-refractivity contribution in [2.75, 3.05) is 14.1 Å². The van der Waals surface area contributed by atoms with Gasteiger partial charge in [0.25, 0.3) is 0 Å². The van der Waals surface area contributed by atoms with Crippen LogP contribution in [0.15, 0.2) is 12.2 Å². The molecule has 1 unspecified atom stereocenters. The quantitative estimate of drug-likeness (QED) is 0.495. The van der Waals surface area contributed by atoms with Crippen LogP contribution in [0.1, 0.15) is 12.8 Å². The van der Waals surface area contributed by atoms with Gasteiger partial charge in [0.15, 0.2) is 0 Å². The molecular weight excluding hydrogens is 201 g/mol. The number of hydrogen-bond acceptors (Lipinski definition) is 1. The van der Waals surface area contributed by atoms with E-state index in [-0.39, 0.29) is 5.91 Å². The first-order valence-electron chi connectivity index (χ1n) is 3.69. The van der Waals surface area contributed by atoms with Crippen molar-refractivity contribution in [2.24, 2.45) is 0 Å². The molecular formula is C8H16AsNO. The summed E-state index contributed by atoms with van der Waals surface area (Å²) in [5.41, 5.74) is 0.729. The van der Waals surface area contributed by atoms with Gasteiger partial charge in [0.1, 0.15) is 0 Å². The van der Waals surface area contributed by atoms with Crippen LogP contribution in [-0.4, -0.2) is 41.8 Å². The van der Waals surface area contributed by atoms with E-state index in [4.69, 9.17) is 0 Å². The Morgan fingerprint density at radius 3 is 2.45 bits per heavy atom. The van der Waals surface area contributed by atoms with Crippen LogP contribution >= 0.6 is 0 Å². The number of nitrogens with zero attached hydrogens (tertiary/aromatic N) is 1. The van der Waals surface area contributed by atoms with Gasteiger partial charge in [-0.05, 0) is 0 Å². The zero-order valence-electron chi connectivity index (χ0n) is 7.26. The van der Waals surface area contributed by atoms with Gasteiger partial charge in [0.2, 0.25) is 0 Å². The summed E-state index contributed by atoms with van der Waals surface area (Å²) in [7, 11) is 3.51. The van der Waals surface area contributed by atoms with Crippen LogP contribution in [0.4, 0.5) is 0 Å². The monoisotopic (exact) mass is 217 g/mol. The topological polar surface area (TPSA) is 20.3 Å². The van der Waals surface area contributed by atoms with Crippen molar-refractivity contribution >= 4 is 22.8 Å². The van der Waals surface area contributed by atoms with Crippen molar-refractivity contribution < 1.29 is 4.79 Å². The van der Waals surface area contributed by atoms with E-state index in [1.165, 1.54) is 5.21 Å².